The third-order valence-electron chi connectivity index (χ3n) is 14.4. The van der Waals surface area contributed by atoms with E-state index in [9.17, 15) is 14.4 Å². The standard InChI is InChI=1S/C75H126O6/c1-4-7-10-13-16-19-22-25-28-30-32-33-34-35-36-37-38-39-40-41-43-44-47-50-53-56-59-62-65-68-74(77)80-71-72(70-79-73(76)67-64-61-58-55-52-49-46-27-24-21-18-15-12-9-6-3)81-75(78)69-66-63-60-57-54-51-48-45-42-31-29-26-23-20-17-14-11-8-5-2/h7,10,16-17,19-20,25-29,32-33,35-36,38-39,41,43,46,72H,4-6,8-9,11-15,18,21-24,30-31,34,37,40,42,44-45,47-71H2,1-3H3/b10-7-,19-16-,20-17-,28-25-,29-26-,33-32-,36-35-,39-38-,43-41-,46-27-. The van der Waals surface area contributed by atoms with Gasteiger partial charge in [-0.3, -0.25) is 14.4 Å². The van der Waals surface area contributed by atoms with E-state index in [1.165, 1.54) is 154 Å². The normalized spacial score (nSPS) is 12.9. The molecular weight excluding hydrogens is 997 g/mol. The van der Waals surface area contributed by atoms with Crippen LogP contribution in [0, 0.1) is 0 Å². The molecule has 1 unspecified atom stereocenters. The van der Waals surface area contributed by atoms with Crippen molar-refractivity contribution in [1.29, 1.82) is 0 Å². The molecule has 0 heterocycles. The van der Waals surface area contributed by atoms with Gasteiger partial charge in [0.2, 0.25) is 0 Å². The summed E-state index contributed by atoms with van der Waals surface area (Å²) in [6.45, 7) is 6.50. The van der Waals surface area contributed by atoms with E-state index in [1.54, 1.807) is 0 Å². The molecule has 0 radical (unpaired) electrons. The third-order valence-corrected chi connectivity index (χ3v) is 14.4. The Hall–Kier alpha value is -4.19. The lowest BCUT2D eigenvalue weighted by Crippen LogP contribution is -2.30. The molecule has 6 heteroatoms. The van der Waals surface area contributed by atoms with Gasteiger partial charge < -0.3 is 14.2 Å². The van der Waals surface area contributed by atoms with Crippen molar-refractivity contribution in [1.82, 2.24) is 0 Å². The van der Waals surface area contributed by atoms with Crippen LogP contribution < -0.4 is 0 Å². The zero-order valence-electron chi connectivity index (χ0n) is 53.0. The minimum Gasteiger partial charge on any atom is -0.462 e. The van der Waals surface area contributed by atoms with E-state index >= 15 is 0 Å². The second-order valence-electron chi connectivity index (χ2n) is 22.3. The maximum atomic E-state index is 12.9. The Balaban J connectivity index is 4.37. The van der Waals surface area contributed by atoms with Crippen molar-refractivity contribution in [3.8, 4) is 0 Å². The Bertz CT molecular complexity index is 1670. The number of unbranched alkanes of at least 4 members (excludes halogenated alkanes) is 30. The lowest BCUT2D eigenvalue weighted by Gasteiger charge is -2.18. The zero-order chi connectivity index (χ0) is 58.5. The van der Waals surface area contributed by atoms with Gasteiger partial charge in [-0.05, 0) is 135 Å². The molecule has 0 amide bonds. The van der Waals surface area contributed by atoms with Crippen LogP contribution in [0.1, 0.15) is 316 Å². The molecule has 462 valence electrons. The molecule has 0 rings (SSSR count). The summed E-state index contributed by atoms with van der Waals surface area (Å²) in [6, 6.07) is 0. The van der Waals surface area contributed by atoms with Gasteiger partial charge in [0.1, 0.15) is 13.2 Å². The summed E-state index contributed by atoms with van der Waals surface area (Å²) in [7, 11) is 0. The molecule has 81 heavy (non-hydrogen) atoms. The van der Waals surface area contributed by atoms with Crippen LogP contribution in [-0.4, -0.2) is 37.2 Å². The number of allylic oxidation sites excluding steroid dienone is 20. The van der Waals surface area contributed by atoms with Gasteiger partial charge in [0.25, 0.3) is 0 Å². The lowest BCUT2D eigenvalue weighted by atomic mass is 10.1. The van der Waals surface area contributed by atoms with E-state index in [-0.39, 0.29) is 31.1 Å². The van der Waals surface area contributed by atoms with Crippen LogP contribution in [0.25, 0.3) is 0 Å². The number of carbonyl (C=O) groups is 3. The Morgan fingerprint density at radius 1 is 0.259 bits per heavy atom. The first-order valence-electron chi connectivity index (χ1n) is 34.0. The van der Waals surface area contributed by atoms with Crippen LogP contribution in [0.4, 0.5) is 0 Å². The van der Waals surface area contributed by atoms with Crippen molar-refractivity contribution in [2.75, 3.05) is 13.2 Å². The molecule has 0 N–H and O–H groups in total. The van der Waals surface area contributed by atoms with Crippen molar-refractivity contribution >= 4 is 17.9 Å². The first-order valence-corrected chi connectivity index (χ1v) is 34.0. The van der Waals surface area contributed by atoms with Gasteiger partial charge >= 0.3 is 17.9 Å². The second kappa shape index (κ2) is 68.3. The smallest absolute Gasteiger partial charge is 0.306 e. The summed E-state index contributed by atoms with van der Waals surface area (Å²) in [5, 5.41) is 0. The van der Waals surface area contributed by atoms with Gasteiger partial charge in [-0.15, -0.1) is 0 Å². The molecule has 0 aliphatic heterocycles. The Kier molecular flexibility index (Phi) is 64.8. The zero-order valence-corrected chi connectivity index (χ0v) is 53.0. The topological polar surface area (TPSA) is 78.9 Å². The Labute approximate surface area is 501 Å². The molecule has 0 fully saturated rings. The molecule has 0 aromatic rings. The highest BCUT2D eigenvalue weighted by Crippen LogP contribution is 2.16. The summed E-state index contributed by atoms with van der Waals surface area (Å²) in [5.41, 5.74) is 0. The maximum Gasteiger partial charge on any atom is 0.306 e. The van der Waals surface area contributed by atoms with Crippen LogP contribution in [0.5, 0.6) is 0 Å². The molecule has 0 saturated carbocycles. The van der Waals surface area contributed by atoms with Crippen LogP contribution in [-0.2, 0) is 28.6 Å². The highest BCUT2D eigenvalue weighted by Gasteiger charge is 2.19. The predicted molar refractivity (Wildman–Crippen MR) is 353 cm³/mol. The van der Waals surface area contributed by atoms with Crippen molar-refractivity contribution in [2.45, 2.75) is 322 Å². The van der Waals surface area contributed by atoms with Gasteiger partial charge in [0.15, 0.2) is 6.10 Å². The molecular formula is C75H126O6. The third kappa shape index (κ3) is 66.5. The van der Waals surface area contributed by atoms with Crippen molar-refractivity contribution < 1.29 is 28.6 Å². The Morgan fingerprint density at radius 3 is 0.790 bits per heavy atom. The van der Waals surface area contributed by atoms with Gasteiger partial charge in [0, 0.05) is 19.3 Å². The second-order valence-corrected chi connectivity index (χ2v) is 22.3. The number of esters is 3. The summed E-state index contributed by atoms with van der Waals surface area (Å²) < 4.78 is 17.0. The van der Waals surface area contributed by atoms with E-state index in [1.807, 2.05) is 0 Å². The molecule has 6 nitrogen and oxygen atoms in total. The fourth-order valence-corrected chi connectivity index (χ4v) is 9.33. The number of hydrogen-bond donors (Lipinski definition) is 0. The van der Waals surface area contributed by atoms with E-state index in [0.29, 0.717) is 19.3 Å². The fourth-order valence-electron chi connectivity index (χ4n) is 9.33. The lowest BCUT2D eigenvalue weighted by molar-refractivity contribution is -0.167. The highest BCUT2D eigenvalue weighted by molar-refractivity contribution is 5.71. The molecule has 0 aromatic carbocycles. The monoisotopic (exact) mass is 1120 g/mol. The van der Waals surface area contributed by atoms with Crippen LogP contribution >= 0.6 is 0 Å². The predicted octanol–water partition coefficient (Wildman–Crippen LogP) is 23.6. The molecule has 0 aliphatic rings. The quantitative estimate of drug-likeness (QED) is 0.0261. The van der Waals surface area contributed by atoms with Gasteiger partial charge in [-0.1, -0.05) is 284 Å². The Morgan fingerprint density at radius 2 is 0.481 bits per heavy atom. The van der Waals surface area contributed by atoms with Crippen molar-refractivity contribution in [3.63, 3.8) is 0 Å². The largest absolute Gasteiger partial charge is 0.462 e. The molecule has 0 bridgehead atoms. The highest BCUT2D eigenvalue weighted by atomic mass is 16.6. The molecule has 0 saturated heterocycles. The SMILES string of the molecule is CC/C=C\C/C=C\C/C=C\C/C=C\C/C=C\C/C=C\C/C=C\CCCCCCCCCC(=O)OCC(COC(=O)CCCCCCC/C=C\CCCCCCCC)OC(=O)CCCCCCCCCCC/C=C\C/C=C\CCCCC. The number of hydrogen-bond acceptors (Lipinski definition) is 6. The molecule has 0 aliphatic carbocycles. The van der Waals surface area contributed by atoms with E-state index in [2.05, 4.69) is 142 Å². The van der Waals surface area contributed by atoms with E-state index < -0.39 is 6.10 Å². The average Bonchev–Trinajstić information content (AvgIpc) is 3.47. The summed E-state index contributed by atoms with van der Waals surface area (Å²) in [5.74, 6) is -0.903. The maximum absolute atomic E-state index is 12.9. The van der Waals surface area contributed by atoms with E-state index in [0.717, 1.165) is 122 Å². The molecule has 1 atom stereocenters. The first kappa shape index (κ1) is 76.8. The number of carbonyl (C=O) groups excluding carboxylic acids is 3. The van der Waals surface area contributed by atoms with Crippen LogP contribution in [0.2, 0.25) is 0 Å². The van der Waals surface area contributed by atoms with Gasteiger partial charge in [-0.25, -0.2) is 0 Å². The van der Waals surface area contributed by atoms with Crippen LogP contribution in [0.3, 0.4) is 0 Å². The minimum atomic E-state index is -0.793. The summed E-state index contributed by atoms with van der Waals surface area (Å²) in [4.78, 5) is 38.4. The summed E-state index contributed by atoms with van der Waals surface area (Å²) in [6.07, 6.45) is 94.9. The van der Waals surface area contributed by atoms with Crippen molar-refractivity contribution in [2.24, 2.45) is 0 Å². The van der Waals surface area contributed by atoms with Crippen LogP contribution in [0.15, 0.2) is 122 Å². The average molecular weight is 1120 g/mol. The minimum absolute atomic E-state index is 0.0883. The van der Waals surface area contributed by atoms with E-state index in [4.69, 9.17) is 14.2 Å². The summed E-state index contributed by atoms with van der Waals surface area (Å²) >= 11 is 0. The van der Waals surface area contributed by atoms with Crippen molar-refractivity contribution in [3.05, 3.63) is 122 Å². The fraction of sp³-hybridized carbons (Fsp3) is 0.693. The molecule has 0 spiro atoms. The number of ether oxygens (including phenoxy) is 3. The van der Waals surface area contributed by atoms with Gasteiger partial charge in [0.05, 0.1) is 0 Å². The number of rotatable bonds is 61. The van der Waals surface area contributed by atoms with Gasteiger partial charge in [-0.2, -0.15) is 0 Å². The molecule has 0 aromatic heterocycles. The first-order chi connectivity index (χ1) is 40.0.